The maximum atomic E-state index is 13.0. The molecular formula is C12H8F7NO4. The van der Waals surface area contributed by atoms with Gasteiger partial charge in [0, 0.05) is 11.6 Å². The molecule has 0 fully saturated rings. The van der Waals surface area contributed by atoms with Gasteiger partial charge in [0.25, 0.3) is 5.69 Å². The highest BCUT2D eigenvalue weighted by molar-refractivity contribution is 5.79. The van der Waals surface area contributed by atoms with E-state index in [9.17, 15) is 45.6 Å². The highest BCUT2D eigenvalue weighted by atomic mass is 19.4. The molecule has 0 aliphatic carbocycles. The van der Waals surface area contributed by atoms with Gasteiger partial charge in [0.05, 0.1) is 4.92 Å². The molecule has 1 aromatic carbocycles. The van der Waals surface area contributed by atoms with Crippen LogP contribution in [0.15, 0.2) is 18.2 Å². The quantitative estimate of drug-likeness (QED) is 0.346. The minimum Gasteiger partial charge on any atom is -0.456 e. The molecular weight excluding hydrogens is 355 g/mol. The Kier molecular flexibility index (Phi) is 5.11. The molecule has 0 aliphatic heterocycles. The van der Waals surface area contributed by atoms with Crippen molar-refractivity contribution >= 4 is 11.7 Å². The maximum absolute atomic E-state index is 13.0. The maximum Gasteiger partial charge on any atom is 0.460 e. The van der Waals surface area contributed by atoms with Crippen molar-refractivity contribution in [3.8, 4) is 0 Å². The van der Waals surface area contributed by atoms with Crippen molar-refractivity contribution in [2.75, 3.05) is 0 Å². The SMILES string of the molecule is Cc1cc(COC(=O)C(F)(F)C(F)(F)C(F)(F)F)ccc1[N+](=O)[O-]. The summed E-state index contributed by atoms with van der Waals surface area (Å²) in [7, 11) is 0. The fraction of sp³-hybridized carbons (Fsp3) is 0.417. The van der Waals surface area contributed by atoms with Crippen molar-refractivity contribution < 1.29 is 45.2 Å². The van der Waals surface area contributed by atoms with E-state index in [1.807, 2.05) is 0 Å². The van der Waals surface area contributed by atoms with Gasteiger partial charge in [0.2, 0.25) is 0 Å². The molecule has 0 amide bonds. The number of halogens is 7. The van der Waals surface area contributed by atoms with Crippen LogP contribution in [0, 0.1) is 17.0 Å². The highest BCUT2D eigenvalue weighted by Gasteiger charge is 2.77. The van der Waals surface area contributed by atoms with E-state index in [0.717, 1.165) is 18.2 Å². The van der Waals surface area contributed by atoms with Crippen LogP contribution in [0.3, 0.4) is 0 Å². The molecule has 0 saturated heterocycles. The van der Waals surface area contributed by atoms with Crippen molar-refractivity contribution in [1.29, 1.82) is 0 Å². The monoisotopic (exact) mass is 363 g/mol. The summed E-state index contributed by atoms with van der Waals surface area (Å²) in [6, 6.07) is 2.94. The second kappa shape index (κ2) is 6.24. The average molecular weight is 363 g/mol. The van der Waals surface area contributed by atoms with Crippen LogP contribution in [0.1, 0.15) is 11.1 Å². The first-order valence-corrected chi connectivity index (χ1v) is 5.95. The number of ether oxygens (including phenoxy) is 1. The first-order chi connectivity index (χ1) is 10.7. The predicted molar refractivity (Wildman–Crippen MR) is 63.6 cm³/mol. The molecule has 0 heterocycles. The molecule has 1 rings (SSSR count). The fourth-order valence-corrected chi connectivity index (χ4v) is 1.56. The van der Waals surface area contributed by atoms with Gasteiger partial charge in [-0.2, -0.15) is 30.7 Å². The van der Waals surface area contributed by atoms with E-state index in [0.29, 0.717) is 0 Å². The first-order valence-electron chi connectivity index (χ1n) is 5.95. The molecule has 0 atom stereocenters. The lowest BCUT2D eigenvalue weighted by Crippen LogP contribution is -2.56. The molecule has 0 radical (unpaired) electrons. The summed E-state index contributed by atoms with van der Waals surface area (Å²) in [5.74, 6) is -15.8. The first kappa shape index (κ1) is 19.6. The summed E-state index contributed by atoms with van der Waals surface area (Å²) >= 11 is 0. The van der Waals surface area contributed by atoms with Crippen molar-refractivity contribution in [1.82, 2.24) is 0 Å². The van der Waals surface area contributed by atoms with E-state index in [1.165, 1.54) is 6.92 Å². The predicted octanol–water partition coefficient (Wildman–Crippen LogP) is 3.78. The molecule has 0 bridgehead atoms. The molecule has 0 unspecified atom stereocenters. The number of hydrogen-bond acceptors (Lipinski definition) is 4. The minimum absolute atomic E-state index is 0.0425. The van der Waals surface area contributed by atoms with Gasteiger partial charge in [-0.1, -0.05) is 0 Å². The fourth-order valence-electron chi connectivity index (χ4n) is 1.56. The zero-order valence-corrected chi connectivity index (χ0v) is 11.7. The number of carbonyl (C=O) groups is 1. The van der Waals surface area contributed by atoms with Gasteiger partial charge < -0.3 is 4.74 Å². The van der Waals surface area contributed by atoms with Crippen LogP contribution in [0.2, 0.25) is 0 Å². The van der Waals surface area contributed by atoms with Crippen molar-refractivity contribution in [3.63, 3.8) is 0 Å². The third kappa shape index (κ3) is 3.57. The summed E-state index contributed by atoms with van der Waals surface area (Å²) in [6.45, 7) is 0.192. The molecule has 24 heavy (non-hydrogen) atoms. The number of nitro benzene ring substituents is 1. The van der Waals surface area contributed by atoms with Gasteiger partial charge in [-0.05, 0) is 24.6 Å². The smallest absolute Gasteiger partial charge is 0.456 e. The van der Waals surface area contributed by atoms with Crippen LogP contribution in [-0.4, -0.2) is 28.9 Å². The molecule has 0 N–H and O–H groups in total. The number of rotatable bonds is 5. The van der Waals surface area contributed by atoms with Gasteiger partial charge in [0.1, 0.15) is 6.61 Å². The van der Waals surface area contributed by atoms with E-state index in [2.05, 4.69) is 4.74 Å². The lowest BCUT2D eigenvalue weighted by atomic mass is 10.1. The molecule has 0 aliphatic rings. The number of hydrogen-bond donors (Lipinski definition) is 0. The van der Waals surface area contributed by atoms with Gasteiger partial charge in [0.15, 0.2) is 0 Å². The lowest BCUT2D eigenvalue weighted by Gasteiger charge is -2.26. The van der Waals surface area contributed by atoms with Crippen molar-refractivity contribution in [3.05, 3.63) is 39.4 Å². The second-order valence-electron chi connectivity index (χ2n) is 4.60. The topological polar surface area (TPSA) is 69.4 Å². The average Bonchev–Trinajstić information content (AvgIpc) is 2.42. The summed E-state index contributed by atoms with van der Waals surface area (Å²) in [6.07, 6.45) is -6.65. The third-order valence-electron chi connectivity index (χ3n) is 2.83. The Hall–Kier alpha value is -2.40. The Bertz CT molecular complexity index is 657. The lowest BCUT2D eigenvalue weighted by molar-refractivity contribution is -0.385. The Morgan fingerprint density at radius 1 is 1.17 bits per heavy atom. The van der Waals surface area contributed by atoms with Gasteiger partial charge in [-0.3, -0.25) is 10.1 Å². The molecule has 1 aromatic rings. The number of nitro groups is 1. The van der Waals surface area contributed by atoms with Crippen molar-refractivity contribution in [2.45, 2.75) is 31.6 Å². The van der Waals surface area contributed by atoms with Crippen LogP contribution in [0.5, 0.6) is 0 Å². The summed E-state index contributed by atoms with van der Waals surface area (Å²) in [5.41, 5.74) is -0.419. The molecule has 5 nitrogen and oxygen atoms in total. The van der Waals surface area contributed by atoms with Crippen LogP contribution in [0.4, 0.5) is 36.4 Å². The number of esters is 1. The van der Waals surface area contributed by atoms with E-state index in [4.69, 9.17) is 0 Å². The Morgan fingerprint density at radius 2 is 1.71 bits per heavy atom. The highest BCUT2D eigenvalue weighted by Crippen LogP contribution is 2.47. The number of nitrogens with zero attached hydrogens (tertiary/aromatic N) is 1. The number of carbonyl (C=O) groups excluding carboxylic acids is 1. The standard InChI is InChI=1S/C12H8F7NO4/c1-6-4-7(2-3-8(6)20(22)23)5-24-9(21)10(13,14)11(15,16)12(17,18)19/h2-4H,5H2,1H3. The van der Waals surface area contributed by atoms with Crippen LogP contribution >= 0.6 is 0 Å². The summed E-state index contributed by atoms with van der Waals surface area (Å²) in [5, 5.41) is 10.6. The second-order valence-corrected chi connectivity index (χ2v) is 4.60. The molecule has 12 heteroatoms. The van der Waals surface area contributed by atoms with Crippen LogP contribution in [-0.2, 0) is 16.1 Å². The van der Waals surface area contributed by atoms with Crippen LogP contribution in [0.25, 0.3) is 0 Å². The van der Waals surface area contributed by atoms with Crippen molar-refractivity contribution in [2.24, 2.45) is 0 Å². The molecule has 134 valence electrons. The zero-order chi connectivity index (χ0) is 18.9. The molecule has 0 aromatic heterocycles. The number of alkyl halides is 7. The van der Waals surface area contributed by atoms with Gasteiger partial charge in [-0.25, -0.2) is 4.79 Å². The zero-order valence-electron chi connectivity index (χ0n) is 11.7. The minimum atomic E-state index is -6.65. The van der Waals surface area contributed by atoms with E-state index < -0.39 is 35.5 Å². The Labute approximate surface area is 129 Å². The number of aryl methyl sites for hydroxylation is 1. The van der Waals surface area contributed by atoms with E-state index in [-0.39, 0.29) is 16.8 Å². The van der Waals surface area contributed by atoms with Gasteiger partial charge >= 0.3 is 24.0 Å². The summed E-state index contributed by atoms with van der Waals surface area (Å²) in [4.78, 5) is 20.7. The normalized spacial score (nSPS) is 12.8. The van der Waals surface area contributed by atoms with E-state index in [1.54, 1.807) is 0 Å². The summed E-state index contributed by atoms with van der Waals surface area (Å²) < 4.78 is 90.9. The Balaban J connectivity index is 2.89. The van der Waals surface area contributed by atoms with Gasteiger partial charge in [-0.15, -0.1) is 0 Å². The largest absolute Gasteiger partial charge is 0.460 e. The van der Waals surface area contributed by atoms with E-state index >= 15 is 0 Å². The Morgan fingerprint density at radius 3 is 2.12 bits per heavy atom. The molecule has 0 saturated carbocycles. The molecule has 0 spiro atoms. The van der Waals surface area contributed by atoms with Crippen LogP contribution < -0.4 is 0 Å². The third-order valence-corrected chi connectivity index (χ3v) is 2.83. The number of benzene rings is 1.